The summed E-state index contributed by atoms with van der Waals surface area (Å²) in [5, 5.41) is 0. The molecule has 0 spiro atoms. The van der Waals surface area contributed by atoms with Crippen LogP contribution in [-0.4, -0.2) is 11.6 Å². The minimum atomic E-state index is -0.237. The number of esters is 1. The Morgan fingerprint density at radius 1 is 1.09 bits per heavy atom. The molecule has 0 radical (unpaired) electrons. The van der Waals surface area contributed by atoms with Crippen LogP contribution in [0.1, 0.15) is 79.6 Å². The highest BCUT2D eigenvalue weighted by molar-refractivity contribution is 5.87. The molecule has 0 amide bonds. The third-order valence-electron chi connectivity index (χ3n) is 7.33. The molecule has 0 aromatic carbocycles. The van der Waals surface area contributed by atoms with E-state index >= 15 is 0 Å². The van der Waals surface area contributed by atoms with Gasteiger partial charge < -0.3 is 4.74 Å². The van der Waals surface area contributed by atoms with E-state index in [0.717, 1.165) is 12.8 Å². The fraction of sp³-hybridized carbons (Fsp3) is 0.857. The molecule has 2 heteroatoms. The van der Waals surface area contributed by atoms with Gasteiger partial charge in [0.2, 0.25) is 0 Å². The summed E-state index contributed by atoms with van der Waals surface area (Å²) in [6.07, 6.45) is 8.50. The zero-order valence-electron chi connectivity index (χ0n) is 15.7. The van der Waals surface area contributed by atoms with Gasteiger partial charge in [-0.3, -0.25) is 0 Å². The molecule has 4 aliphatic carbocycles. The third-order valence-corrected chi connectivity index (χ3v) is 7.33. The molecule has 4 bridgehead atoms. The summed E-state index contributed by atoms with van der Waals surface area (Å²) in [7, 11) is 0. The summed E-state index contributed by atoms with van der Waals surface area (Å²) in [6, 6.07) is 0. The van der Waals surface area contributed by atoms with Crippen molar-refractivity contribution < 1.29 is 9.53 Å². The van der Waals surface area contributed by atoms with Gasteiger partial charge in [0, 0.05) is 17.4 Å². The van der Waals surface area contributed by atoms with E-state index in [1.165, 1.54) is 32.1 Å². The normalized spacial score (nSPS) is 44.6. The second-order valence-electron chi connectivity index (χ2n) is 9.55. The lowest BCUT2D eigenvalue weighted by atomic mass is 9.39. The van der Waals surface area contributed by atoms with Crippen molar-refractivity contribution >= 4 is 5.97 Å². The fourth-order valence-corrected chi connectivity index (χ4v) is 7.07. The number of rotatable bonds is 5. The second-order valence-corrected chi connectivity index (χ2v) is 9.55. The Bertz CT molecular complexity index is 478. The molecule has 0 aromatic heterocycles. The molecule has 0 atom stereocenters. The zero-order chi connectivity index (χ0) is 17.0. The van der Waals surface area contributed by atoms with Gasteiger partial charge in [-0.2, -0.15) is 0 Å². The Balaban J connectivity index is 2.03. The van der Waals surface area contributed by atoms with Crippen molar-refractivity contribution in [1.29, 1.82) is 0 Å². The lowest BCUT2D eigenvalue weighted by Gasteiger charge is -2.68. The van der Waals surface area contributed by atoms with Crippen LogP contribution in [0, 0.1) is 28.6 Å². The van der Waals surface area contributed by atoms with Crippen molar-refractivity contribution in [3.63, 3.8) is 0 Å². The van der Waals surface area contributed by atoms with Gasteiger partial charge in [0.25, 0.3) is 0 Å². The Labute approximate surface area is 142 Å². The first kappa shape index (κ1) is 17.0. The highest BCUT2D eigenvalue weighted by Gasteiger charge is 2.67. The first-order valence-electron chi connectivity index (χ1n) is 9.57. The topological polar surface area (TPSA) is 26.3 Å². The summed E-state index contributed by atoms with van der Waals surface area (Å²) in [5.74, 6) is 1.38. The molecule has 0 saturated heterocycles. The van der Waals surface area contributed by atoms with Gasteiger partial charge in [-0.25, -0.2) is 4.79 Å². The van der Waals surface area contributed by atoms with Crippen molar-refractivity contribution in [2.24, 2.45) is 28.6 Å². The number of hydrogen-bond donors (Lipinski definition) is 0. The van der Waals surface area contributed by atoms with E-state index in [1.54, 1.807) is 6.92 Å². The van der Waals surface area contributed by atoms with Crippen molar-refractivity contribution in [2.75, 3.05) is 0 Å². The van der Waals surface area contributed by atoms with Crippen molar-refractivity contribution in [3.05, 3.63) is 12.2 Å². The van der Waals surface area contributed by atoms with Gasteiger partial charge in [-0.15, -0.1) is 0 Å². The van der Waals surface area contributed by atoms with E-state index in [0.29, 0.717) is 34.2 Å². The van der Waals surface area contributed by atoms with Crippen LogP contribution in [0.5, 0.6) is 0 Å². The molecule has 4 fully saturated rings. The molecule has 0 unspecified atom stereocenters. The maximum atomic E-state index is 12.5. The summed E-state index contributed by atoms with van der Waals surface area (Å²) in [6.45, 7) is 15.1. The van der Waals surface area contributed by atoms with E-state index in [2.05, 4.69) is 34.3 Å². The van der Waals surface area contributed by atoms with Crippen LogP contribution in [0.25, 0.3) is 0 Å². The molecule has 130 valence electrons. The summed E-state index contributed by atoms with van der Waals surface area (Å²) in [5.41, 5.74) is 1.23. The third kappa shape index (κ3) is 2.48. The Hall–Kier alpha value is -0.790. The van der Waals surface area contributed by atoms with Crippen LogP contribution in [0.4, 0.5) is 0 Å². The Kier molecular flexibility index (Phi) is 3.97. The smallest absolute Gasteiger partial charge is 0.333 e. The molecule has 4 aliphatic rings. The minimum absolute atomic E-state index is 0.167. The minimum Gasteiger partial charge on any atom is -0.455 e. The molecule has 23 heavy (non-hydrogen) atoms. The van der Waals surface area contributed by atoms with Crippen LogP contribution in [0.15, 0.2) is 12.2 Å². The highest BCUT2D eigenvalue weighted by Crippen LogP contribution is 2.70. The Morgan fingerprint density at radius 2 is 1.52 bits per heavy atom. The molecule has 2 nitrogen and oxygen atoms in total. The van der Waals surface area contributed by atoms with E-state index in [9.17, 15) is 4.79 Å². The van der Waals surface area contributed by atoms with Gasteiger partial charge in [0.1, 0.15) is 5.60 Å². The summed E-state index contributed by atoms with van der Waals surface area (Å²) >= 11 is 0. The van der Waals surface area contributed by atoms with E-state index < -0.39 is 0 Å². The average Bonchev–Trinajstić information content (AvgIpc) is 2.42. The first-order valence-corrected chi connectivity index (χ1v) is 9.57. The predicted molar refractivity (Wildman–Crippen MR) is 94.0 cm³/mol. The Morgan fingerprint density at radius 3 is 1.87 bits per heavy atom. The molecule has 0 aliphatic heterocycles. The number of carbonyl (C=O) groups is 1. The molecular weight excluding hydrogens is 284 g/mol. The highest BCUT2D eigenvalue weighted by atomic mass is 16.6. The van der Waals surface area contributed by atoms with E-state index in [1.807, 2.05) is 0 Å². The summed E-state index contributed by atoms with van der Waals surface area (Å²) in [4.78, 5) is 12.5. The number of hydrogen-bond acceptors (Lipinski definition) is 2. The molecule has 4 saturated carbocycles. The SMILES string of the molecule is C=C(C)C(=O)OC1(C(CC)CC)C2CC3(C)CC1CC(C)(C2)C3. The molecule has 0 aromatic rings. The lowest BCUT2D eigenvalue weighted by Crippen LogP contribution is -2.67. The lowest BCUT2D eigenvalue weighted by molar-refractivity contribution is -0.256. The second kappa shape index (κ2) is 5.36. The van der Waals surface area contributed by atoms with Gasteiger partial charge >= 0.3 is 5.97 Å². The van der Waals surface area contributed by atoms with Gasteiger partial charge in [-0.05, 0) is 68.6 Å². The van der Waals surface area contributed by atoms with Gasteiger partial charge in [0.15, 0.2) is 0 Å². The largest absolute Gasteiger partial charge is 0.455 e. The van der Waals surface area contributed by atoms with E-state index in [4.69, 9.17) is 4.74 Å². The monoisotopic (exact) mass is 318 g/mol. The number of ether oxygens (including phenoxy) is 1. The average molecular weight is 319 g/mol. The van der Waals surface area contributed by atoms with Crippen LogP contribution < -0.4 is 0 Å². The molecule has 4 rings (SSSR count). The number of carbonyl (C=O) groups excluding carboxylic acids is 1. The maximum Gasteiger partial charge on any atom is 0.333 e. The van der Waals surface area contributed by atoms with Crippen LogP contribution in [0.2, 0.25) is 0 Å². The van der Waals surface area contributed by atoms with Crippen molar-refractivity contribution in [3.8, 4) is 0 Å². The maximum absolute atomic E-state index is 12.5. The van der Waals surface area contributed by atoms with Gasteiger partial charge in [0.05, 0.1) is 0 Å². The summed E-state index contributed by atoms with van der Waals surface area (Å²) < 4.78 is 6.37. The molecule has 0 heterocycles. The van der Waals surface area contributed by atoms with Crippen LogP contribution >= 0.6 is 0 Å². The molecular formula is C21H34O2. The predicted octanol–water partition coefficient (Wildman–Crippen LogP) is 5.52. The van der Waals surface area contributed by atoms with E-state index in [-0.39, 0.29) is 11.6 Å². The van der Waals surface area contributed by atoms with Crippen LogP contribution in [0.3, 0.4) is 0 Å². The van der Waals surface area contributed by atoms with Crippen LogP contribution in [-0.2, 0) is 9.53 Å². The van der Waals surface area contributed by atoms with Crippen molar-refractivity contribution in [1.82, 2.24) is 0 Å². The molecule has 0 N–H and O–H groups in total. The zero-order valence-corrected chi connectivity index (χ0v) is 15.7. The standard InChI is InChI=1S/C21H34O2/c1-7-15(8-2)21(23-18(22)14(3)4)16-9-19(5)10-17(21)12-20(6,11-16)13-19/h15-17H,3,7-13H2,1-2,4-6H3. The first-order chi connectivity index (χ1) is 10.7. The van der Waals surface area contributed by atoms with Crippen molar-refractivity contribution in [2.45, 2.75) is 85.2 Å². The fourth-order valence-electron chi connectivity index (χ4n) is 7.07. The van der Waals surface area contributed by atoms with Gasteiger partial charge in [-0.1, -0.05) is 34.3 Å². The quantitative estimate of drug-likeness (QED) is 0.493.